The van der Waals surface area contributed by atoms with Crippen LogP contribution < -0.4 is 5.32 Å². The van der Waals surface area contributed by atoms with Gasteiger partial charge in [-0.05, 0) is 42.5 Å². The lowest BCUT2D eigenvalue weighted by Gasteiger charge is -2.29. The van der Waals surface area contributed by atoms with E-state index in [-0.39, 0.29) is 24.8 Å². The van der Waals surface area contributed by atoms with Gasteiger partial charge in [0.1, 0.15) is 6.04 Å². The minimum atomic E-state index is -0.608. The topological polar surface area (TPSA) is 49.4 Å². The van der Waals surface area contributed by atoms with Gasteiger partial charge in [-0.15, -0.1) is 0 Å². The van der Waals surface area contributed by atoms with Crippen LogP contribution in [0.4, 0.5) is 0 Å². The van der Waals surface area contributed by atoms with E-state index in [1.807, 2.05) is 56.3 Å². The van der Waals surface area contributed by atoms with Gasteiger partial charge in [-0.3, -0.25) is 9.59 Å². The molecule has 0 spiro atoms. The molecule has 156 valence electrons. The molecule has 2 aromatic rings. The fraction of sp³-hybridized carbons (Fsp3) is 0.391. The van der Waals surface area contributed by atoms with Gasteiger partial charge < -0.3 is 10.2 Å². The number of hydrogen-bond acceptors (Lipinski definition) is 2. The van der Waals surface area contributed by atoms with Crippen LogP contribution in [0, 0.1) is 5.92 Å². The van der Waals surface area contributed by atoms with Crippen molar-refractivity contribution in [2.24, 2.45) is 5.92 Å². The van der Waals surface area contributed by atoms with Crippen LogP contribution >= 0.6 is 23.2 Å². The summed E-state index contributed by atoms with van der Waals surface area (Å²) in [7, 11) is 0. The van der Waals surface area contributed by atoms with Crippen LogP contribution in [0.15, 0.2) is 48.5 Å². The largest absolute Gasteiger partial charge is 0.354 e. The van der Waals surface area contributed by atoms with Crippen LogP contribution in [-0.2, 0) is 22.6 Å². The Balaban J connectivity index is 2.16. The summed E-state index contributed by atoms with van der Waals surface area (Å²) in [6, 6.07) is 14.2. The maximum absolute atomic E-state index is 13.1. The third-order valence-electron chi connectivity index (χ3n) is 4.72. The summed E-state index contributed by atoms with van der Waals surface area (Å²) >= 11 is 12.5. The van der Waals surface area contributed by atoms with Crippen molar-refractivity contribution in [2.45, 2.75) is 46.2 Å². The van der Waals surface area contributed by atoms with E-state index in [4.69, 9.17) is 23.2 Å². The Bertz CT molecular complexity index is 839. The molecule has 2 aromatic carbocycles. The van der Waals surface area contributed by atoms with E-state index in [2.05, 4.69) is 5.32 Å². The SMILES string of the molecule is CC(C)CNC(=O)[C@H](C)N(Cc1ccccc1Cl)C(=O)CCc1ccccc1Cl. The van der Waals surface area contributed by atoms with Crippen molar-refractivity contribution in [3.8, 4) is 0 Å². The van der Waals surface area contributed by atoms with Crippen molar-refractivity contribution >= 4 is 35.0 Å². The molecule has 2 amide bonds. The average molecular weight is 435 g/mol. The normalized spacial score (nSPS) is 11.9. The Morgan fingerprint density at radius 1 is 0.931 bits per heavy atom. The quantitative estimate of drug-likeness (QED) is 0.595. The van der Waals surface area contributed by atoms with Crippen molar-refractivity contribution in [2.75, 3.05) is 6.54 Å². The van der Waals surface area contributed by atoms with Crippen molar-refractivity contribution in [3.63, 3.8) is 0 Å². The summed E-state index contributed by atoms with van der Waals surface area (Å²) in [6.45, 7) is 6.65. The highest BCUT2D eigenvalue weighted by molar-refractivity contribution is 6.31. The first-order chi connectivity index (χ1) is 13.8. The lowest BCUT2D eigenvalue weighted by Crippen LogP contribution is -2.48. The van der Waals surface area contributed by atoms with Gasteiger partial charge in [0, 0.05) is 29.6 Å². The average Bonchev–Trinajstić information content (AvgIpc) is 2.70. The highest BCUT2D eigenvalue weighted by atomic mass is 35.5. The first kappa shape index (κ1) is 23.2. The third-order valence-corrected chi connectivity index (χ3v) is 5.45. The predicted octanol–water partition coefficient (Wildman–Crippen LogP) is 5.12. The smallest absolute Gasteiger partial charge is 0.242 e. The van der Waals surface area contributed by atoms with Gasteiger partial charge in [-0.25, -0.2) is 0 Å². The van der Waals surface area contributed by atoms with Gasteiger partial charge in [0.05, 0.1) is 0 Å². The molecule has 0 aromatic heterocycles. The monoisotopic (exact) mass is 434 g/mol. The van der Waals surface area contributed by atoms with Gasteiger partial charge in [0.2, 0.25) is 11.8 Å². The van der Waals surface area contributed by atoms with Crippen molar-refractivity contribution in [1.29, 1.82) is 0 Å². The molecule has 0 heterocycles. The molecular weight excluding hydrogens is 407 g/mol. The number of nitrogens with zero attached hydrogens (tertiary/aromatic N) is 1. The number of halogens is 2. The molecule has 1 N–H and O–H groups in total. The van der Waals surface area contributed by atoms with Gasteiger partial charge in [0.15, 0.2) is 0 Å². The number of amides is 2. The lowest BCUT2D eigenvalue weighted by molar-refractivity contribution is -0.140. The Morgan fingerprint density at radius 2 is 1.48 bits per heavy atom. The number of rotatable bonds is 9. The summed E-state index contributed by atoms with van der Waals surface area (Å²) in [6.07, 6.45) is 0.772. The molecule has 0 saturated heterocycles. The molecular formula is C23H28Cl2N2O2. The molecule has 4 nitrogen and oxygen atoms in total. The zero-order valence-electron chi connectivity index (χ0n) is 17.1. The second-order valence-electron chi connectivity index (χ2n) is 7.52. The van der Waals surface area contributed by atoms with E-state index >= 15 is 0 Å². The Kier molecular flexibility index (Phi) is 8.99. The Morgan fingerprint density at radius 3 is 2.03 bits per heavy atom. The van der Waals surface area contributed by atoms with Crippen LogP contribution in [0.5, 0.6) is 0 Å². The van der Waals surface area contributed by atoms with Crippen LogP contribution in [0.3, 0.4) is 0 Å². The van der Waals surface area contributed by atoms with E-state index in [1.165, 1.54) is 0 Å². The fourth-order valence-corrected chi connectivity index (χ4v) is 3.36. The van der Waals surface area contributed by atoms with Gasteiger partial charge in [-0.2, -0.15) is 0 Å². The molecule has 1 atom stereocenters. The summed E-state index contributed by atoms with van der Waals surface area (Å²) < 4.78 is 0. The lowest BCUT2D eigenvalue weighted by atomic mass is 10.1. The van der Waals surface area contributed by atoms with Crippen molar-refractivity contribution in [1.82, 2.24) is 10.2 Å². The first-order valence-electron chi connectivity index (χ1n) is 9.83. The molecule has 0 aliphatic rings. The van der Waals surface area contributed by atoms with E-state index in [0.717, 1.165) is 11.1 Å². The van der Waals surface area contributed by atoms with E-state index in [0.29, 0.717) is 28.9 Å². The summed E-state index contributed by atoms with van der Waals surface area (Å²) in [5, 5.41) is 4.13. The summed E-state index contributed by atoms with van der Waals surface area (Å²) in [5.41, 5.74) is 1.72. The number of hydrogen-bond donors (Lipinski definition) is 1. The molecule has 0 aliphatic heterocycles. The molecule has 29 heavy (non-hydrogen) atoms. The highest BCUT2D eigenvalue weighted by Crippen LogP contribution is 2.21. The number of carbonyl (C=O) groups is 2. The molecule has 0 fully saturated rings. The van der Waals surface area contributed by atoms with E-state index in [1.54, 1.807) is 17.9 Å². The molecule has 0 radical (unpaired) electrons. The molecule has 0 aliphatic carbocycles. The van der Waals surface area contributed by atoms with Gasteiger partial charge in [-0.1, -0.05) is 73.4 Å². The third kappa shape index (κ3) is 7.06. The first-order valence-corrected chi connectivity index (χ1v) is 10.6. The molecule has 0 bridgehead atoms. The second kappa shape index (κ2) is 11.2. The minimum Gasteiger partial charge on any atom is -0.354 e. The maximum Gasteiger partial charge on any atom is 0.242 e. The summed E-state index contributed by atoms with van der Waals surface area (Å²) in [5.74, 6) is 0.0491. The predicted molar refractivity (Wildman–Crippen MR) is 119 cm³/mol. The number of nitrogens with one attached hydrogen (secondary N) is 1. The fourth-order valence-electron chi connectivity index (χ4n) is 2.93. The number of aryl methyl sites for hydroxylation is 1. The molecule has 0 unspecified atom stereocenters. The minimum absolute atomic E-state index is 0.114. The van der Waals surface area contributed by atoms with Crippen LogP contribution in [0.1, 0.15) is 38.3 Å². The van der Waals surface area contributed by atoms with Gasteiger partial charge in [0.25, 0.3) is 0 Å². The van der Waals surface area contributed by atoms with E-state index in [9.17, 15) is 9.59 Å². The van der Waals surface area contributed by atoms with E-state index < -0.39 is 6.04 Å². The number of carbonyl (C=O) groups excluding carboxylic acids is 2. The van der Waals surface area contributed by atoms with Crippen LogP contribution in [0.2, 0.25) is 10.0 Å². The summed E-state index contributed by atoms with van der Waals surface area (Å²) in [4.78, 5) is 27.3. The maximum atomic E-state index is 13.1. The van der Waals surface area contributed by atoms with Crippen LogP contribution in [0.25, 0.3) is 0 Å². The van der Waals surface area contributed by atoms with Gasteiger partial charge >= 0.3 is 0 Å². The Labute approximate surface area is 183 Å². The molecule has 2 rings (SSSR count). The highest BCUT2D eigenvalue weighted by Gasteiger charge is 2.26. The zero-order valence-corrected chi connectivity index (χ0v) is 18.6. The second-order valence-corrected chi connectivity index (χ2v) is 8.33. The standard InChI is InChI=1S/C23H28Cl2N2O2/c1-16(2)14-26-23(29)17(3)27(15-19-9-5-7-11-21(19)25)22(28)13-12-18-8-4-6-10-20(18)24/h4-11,16-17H,12-15H2,1-3H3,(H,26,29)/t17-/m0/s1. The number of benzene rings is 2. The van der Waals surface area contributed by atoms with Crippen LogP contribution in [-0.4, -0.2) is 29.3 Å². The zero-order chi connectivity index (χ0) is 21.4. The Hall–Kier alpha value is -2.04. The van der Waals surface area contributed by atoms with Crippen molar-refractivity contribution < 1.29 is 9.59 Å². The molecule has 6 heteroatoms. The molecule has 0 saturated carbocycles. The van der Waals surface area contributed by atoms with Crippen molar-refractivity contribution in [3.05, 3.63) is 69.7 Å².